The minimum atomic E-state index is 0.0601. The molecule has 0 aliphatic carbocycles. The summed E-state index contributed by atoms with van der Waals surface area (Å²) < 4.78 is 2.34. The van der Waals surface area contributed by atoms with E-state index in [9.17, 15) is 0 Å². The van der Waals surface area contributed by atoms with E-state index in [2.05, 4.69) is 34.8 Å². The zero-order chi connectivity index (χ0) is 14.0. The van der Waals surface area contributed by atoms with Gasteiger partial charge in [-0.3, -0.25) is 0 Å². The molecule has 0 amide bonds. The Labute approximate surface area is 120 Å². The van der Waals surface area contributed by atoms with Crippen molar-refractivity contribution in [3.05, 3.63) is 24.2 Å². The van der Waals surface area contributed by atoms with Crippen LogP contribution in [-0.4, -0.2) is 21.1 Å². The quantitative estimate of drug-likeness (QED) is 0.908. The van der Waals surface area contributed by atoms with Crippen molar-refractivity contribution in [1.82, 2.24) is 19.9 Å². The summed E-state index contributed by atoms with van der Waals surface area (Å²) in [6.07, 6.45) is 7.73. The van der Waals surface area contributed by atoms with Crippen molar-refractivity contribution in [2.75, 3.05) is 6.54 Å². The molecule has 0 aromatic carbocycles. The number of aryl methyl sites for hydroxylation is 1. The van der Waals surface area contributed by atoms with E-state index in [0.717, 1.165) is 37.1 Å². The number of hydrogen-bond acceptors (Lipinski definition) is 3. The van der Waals surface area contributed by atoms with Crippen molar-refractivity contribution < 1.29 is 0 Å². The summed E-state index contributed by atoms with van der Waals surface area (Å²) in [5.74, 6) is 1.20. The van der Waals surface area contributed by atoms with E-state index in [1.807, 2.05) is 12.3 Å². The van der Waals surface area contributed by atoms with Crippen LogP contribution in [0.1, 0.15) is 51.8 Å². The van der Waals surface area contributed by atoms with Gasteiger partial charge >= 0.3 is 0 Å². The van der Waals surface area contributed by atoms with Gasteiger partial charge < -0.3 is 9.88 Å². The highest BCUT2D eigenvalue weighted by Gasteiger charge is 2.38. The van der Waals surface area contributed by atoms with E-state index < -0.39 is 0 Å². The molecule has 1 aliphatic rings. The molecule has 0 saturated carbocycles. The van der Waals surface area contributed by atoms with Gasteiger partial charge in [-0.15, -0.1) is 0 Å². The Balaban J connectivity index is 2.15. The van der Waals surface area contributed by atoms with E-state index in [0.29, 0.717) is 0 Å². The fourth-order valence-electron chi connectivity index (χ4n) is 3.51. The van der Waals surface area contributed by atoms with Crippen molar-refractivity contribution in [1.29, 1.82) is 0 Å². The number of nitrogens with one attached hydrogen (secondary N) is 1. The molecule has 0 spiro atoms. The van der Waals surface area contributed by atoms with Crippen LogP contribution < -0.4 is 5.32 Å². The van der Waals surface area contributed by atoms with Crippen LogP contribution in [0.25, 0.3) is 11.2 Å². The van der Waals surface area contributed by atoms with Gasteiger partial charge in [-0.2, -0.15) is 0 Å². The van der Waals surface area contributed by atoms with E-state index in [1.165, 1.54) is 25.1 Å². The lowest BCUT2D eigenvalue weighted by atomic mass is 9.91. The number of pyridine rings is 1. The summed E-state index contributed by atoms with van der Waals surface area (Å²) in [6, 6.07) is 4.05. The summed E-state index contributed by atoms with van der Waals surface area (Å²) in [7, 11) is 0. The van der Waals surface area contributed by atoms with Crippen LogP contribution in [0.3, 0.4) is 0 Å². The van der Waals surface area contributed by atoms with Gasteiger partial charge in [0, 0.05) is 12.7 Å². The third-order valence-electron chi connectivity index (χ3n) is 4.30. The highest BCUT2D eigenvalue weighted by atomic mass is 15.2. The zero-order valence-corrected chi connectivity index (χ0v) is 12.5. The van der Waals surface area contributed by atoms with E-state index >= 15 is 0 Å². The lowest BCUT2D eigenvalue weighted by molar-refractivity contribution is 0.321. The van der Waals surface area contributed by atoms with Crippen LogP contribution in [0.2, 0.25) is 0 Å². The molecule has 1 saturated heterocycles. The van der Waals surface area contributed by atoms with Crippen molar-refractivity contribution in [2.45, 2.75) is 58.0 Å². The summed E-state index contributed by atoms with van der Waals surface area (Å²) in [4.78, 5) is 9.50. The SMILES string of the molecule is CCCn1c(C2(CCC)CCCN2)nc2cccnc21. The third kappa shape index (κ3) is 2.12. The molecule has 2 aromatic rings. The molecule has 20 heavy (non-hydrogen) atoms. The van der Waals surface area contributed by atoms with Gasteiger partial charge in [-0.1, -0.05) is 20.3 Å². The first-order valence-corrected chi connectivity index (χ1v) is 7.87. The van der Waals surface area contributed by atoms with Gasteiger partial charge in [0.2, 0.25) is 0 Å². The van der Waals surface area contributed by atoms with Crippen molar-refractivity contribution in [3.8, 4) is 0 Å². The maximum Gasteiger partial charge on any atom is 0.160 e. The first kappa shape index (κ1) is 13.6. The second-order valence-corrected chi connectivity index (χ2v) is 5.80. The van der Waals surface area contributed by atoms with Gasteiger partial charge in [-0.25, -0.2) is 9.97 Å². The monoisotopic (exact) mass is 272 g/mol. The number of imidazole rings is 1. The summed E-state index contributed by atoms with van der Waals surface area (Å²) in [5.41, 5.74) is 2.12. The topological polar surface area (TPSA) is 42.7 Å². The fourth-order valence-corrected chi connectivity index (χ4v) is 3.51. The Morgan fingerprint density at radius 2 is 2.25 bits per heavy atom. The Hall–Kier alpha value is -1.42. The highest BCUT2D eigenvalue weighted by molar-refractivity contribution is 5.71. The number of rotatable bonds is 5. The maximum absolute atomic E-state index is 4.94. The van der Waals surface area contributed by atoms with Gasteiger partial charge in [-0.05, 0) is 44.4 Å². The Kier molecular flexibility index (Phi) is 3.74. The Morgan fingerprint density at radius 1 is 1.35 bits per heavy atom. The summed E-state index contributed by atoms with van der Waals surface area (Å²) >= 11 is 0. The molecule has 3 rings (SSSR count). The van der Waals surface area contributed by atoms with Crippen LogP contribution in [-0.2, 0) is 12.1 Å². The fraction of sp³-hybridized carbons (Fsp3) is 0.625. The van der Waals surface area contributed by atoms with Crippen molar-refractivity contribution >= 4 is 11.2 Å². The third-order valence-corrected chi connectivity index (χ3v) is 4.30. The van der Waals surface area contributed by atoms with Crippen molar-refractivity contribution in [3.63, 3.8) is 0 Å². The number of aromatic nitrogens is 3. The molecule has 0 bridgehead atoms. The lowest BCUT2D eigenvalue weighted by Gasteiger charge is -2.29. The Morgan fingerprint density at radius 3 is 2.95 bits per heavy atom. The van der Waals surface area contributed by atoms with Gasteiger partial charge in [0.25, 0.3) is 0 Å². The molecule has 1 fully saturated rings. The minimum Gasteiger partial charge on any atom is -0.311 e. The van der Waals surface area contributed by atoms with Crippen LogP contribution in [0, 0.1) is 0 Å². The number of hydrogen-bond donors (Lipinski definition) is 1. The van der Waals surface area contributed by atoms with E-state index in [1.54, 1.807) is 0 Å². The van der Waals surface area contributed by atoms with Crippen molar-refractivity contribution in [2.24, 2.45) is 0 Å². The van der Waals surface area contributed by atoms with Crippen LogP contribution in [0.4, 0.5) is 0 Å². The molecule has 1 unspecified atom stereocenters. The molecule has 4 heteroatoms. The summed E-state index contributed by atoms with van der Waals surface area (Å²) in [6.45, 7) is 6.57. The van der Waals surface area contributed by atoms with Gasteiger partial charge in [0.15, 0.2) is 5.65 Å². The standard InChI is InChI=1S/C16H24N4/c1-3-8-16(9-6-11-18-16)15-19-13-7-5-10-17-14(13)20(15)12-4-2/h5,7,10,18H,3-4,6,8-9,11-12H2,1-2H3. The average Bonchev–Trinajstić information content (AvgIpc) is 3.06. The highest BCUT2D eigenvalue weighted by Crippen LogP contribution is 2.36. The smallest absolute Gasteiger partial charge is 0.160 e. The van der Waals surface area contributed by atoms with E-state index in [4.69, 9.17) is 4.98 Å². The molecular weight excluding hydrogens is 248 g/mol. The molecule has 0 radical (unpaired) electrons. The first-order chi connectivity index (χ1) is 9.80. The van der Waals surface area contributed by atoms with Crippen LogP contribution >= 0.6 is 0 Å². The van der Waals surface area contributed by atoms with Gasteiger partial charge in [0.05, 0.1) is 5.54 Å². The average molecular weight is 272 g/mol. The van der Waals surface area contributed by atoms with E-state index in [-0.39, 0.29) is 5.54 Å². The number of nitrogens with zero attached hydrogens (tertiary/aromatic N) is 3. The summed E-state index contributed by atoms with van der Waals surface area (Å²) in [5, 5.41) is 3.74. The second kappa shape index (κ2) is 5.52. The molecule has 4 nitrogen and oxygen atoms in total. The molecule has 3 heterocycles. The zero-order valence-electron chi connectivity index (χ0n) is 12.5. The maximum atomic E-state index is 4.94. The van der Waals surface area contributed by atoms with Crippen LogP contribution in [0.15, 0.2) is 18.3 Å². The first-order valence-electron chi connectivity index (χ1n) is 7.87. The predicted molar refractivity (Wildman–Crippen MR) is 81.6 cm³/mol. The molecule has 1 aliphatic heterocycles. The molecular formula is C16H24N4. The molecule has 1 N–H and O–H groups in total. The molecule has 108 valence electrons. The lowest BCUT2D eigenvalue weighted by Crippen LogP contribution is -2.39. The van der Waals surface area contributed by atoms with Crippen LogP contribution in [0.5, 0.6) is 0 Å². The number of fused-ring (bicyclic) bond motifs is 1. The molecule has 1 atom stereocenters. The molecule has 2 aromatic heterocycles. The second-order valence-electron chi connectivity index (χ2n) is 5.80. The minimum absolute atomic E-state index is 0.0601. The van der Waals surface area contributed by atoms with Gasteiger partial charge in [0.1, 0.15) is 11.3 Å². The largest absolute Gasteiger partial charge is 0.311 e. The normalized spacial score (nSPS) is 22.7. The Bertz CT molecular complexity index is 581. The predicted octanol–water partition coefficient (Wildman–Crippen LogP) is 3.22.